The first-order chi connectivity index (χ1) is 10.4. The summed E-state index contributed by atoms with van der Waals surface area (Å²) in [5.74, 6) is 0. The van der Waals surface area contributed by atoms with E-state index < -0.39 is 0 Å². The molecule has 0 N–H and O–H groups in total. The summed E-state index contributed by atoms with van der Waals surface area (Å²) >= 11 is 0. The Kier molecular flexibility index (Phi) is 36.7. The Hall–Kier alpha value is -1.04. The second-order valence-electron chi connectivity index (χ2n) is 3.20. The van der Waals surface area contributed by atoms with Crippen LogP contribution in [0.1, 0.15) is 87.3 Å². The summed E-state index contributed by atoms with van der Waals surface area (Å²) in [4.78, 5) is 0. The van der Waals surface area contributed by atoms with Gasteiger partial charge >= 0.3 is 0 Å². The SMILES string of the molecule is CC.CC.CC.CC.CC.CC1=CCc2ccccc2C1. The lowest BCUT2D eigenvalue weighted by molar-refractivity contribution is 1.02. The van der Waals surface area contributed by atoms with Crippen LogP contribution in [0.4, 0.5) is 0 Å². The van der Waals surface area contributed by atoms with Crippen LogP contribution in [-0.4, -0.2) is 0 Å². The first-order valence-corrected chi connectivity index (χ1v) is 9.08. The minimum atomic E-state index is 1.13. The Morgan fingerprint density at radius 2 is 1.00 bits per heavy atom. The summed E-state index contributed by atoms with van der Waals surface area (Å²) in [6.07, 6.45) is 4.60. The van der Waals surface area contributed by atoms with Gasteiger partial charge in [-0.3, -0.25) is 0 Å². The molecular weight excluding hydrogens is 252 g/mol. The summed E-state index contributed by atoms with van der Waals surface area (Å²) < 4.78 is 0. The highest BCUT2D eigenvalue weighted by atomic mass is 14.1. The van der Waals surface area contributed by atoms with Crippen LogP contribution in [0.15, 0.2) is 35.9 Å². The van der Waals surface area contributed by atoms with Crippen molar-refractivity contribution >= 4 is 0 Å². The molecule has 0 spiro atoms. The van der Waals surface area contributed by atoms with Gasteiger partial charge in [-0.1, -0.05) is 105 Å². The molecule has 0 heterocycles. The zero-order valence-corrected chi connectivity index (χ0v) is 16.8. The second kappa shape index (κ2) is 27.3. The molecule has 0 amide bonds. The molecule has 0 saturated heterocycles. The van der Waals surface area contributed by atoms with Crippen molar-refractivity contribution in [2.75, 3.05) is 0 Å². The molecule has 0 saturated carbocycles. The van der Waals surface area contributed by atoms with Crippen molar-refractivity contribution in [1.29, 1.82) is 0 Å². The molecule has 1 aromatic rings. The molecule has 0 nitrogen and oxygen atoms in total. The molecule has 21 heavy (non-hydrogen) atoms. The molecule has 2 rings (SSSR count). The average Bonchev–Trinajstić information content (AvgIpc) is 2.63. The number of hydrogen-bond acceptors (Lipinski definition) is 0. The van der Waals surface area contributed by atoms with Crippen molar-refractivity contribution in [2.24, 2.45) is 0 Å². The minimum absolute atomic E-state index is 1.13. The Labute approximate surface area is 136 Å². The lowest BCUT2D eigenvalue weighted by Gasteiger charge is -2.13. The maximum Gasteiger partial charge on any atom is -0.00669 e. The van der Waals surface area contributed by atoms with Crippen molar-refractivity contribution in [2.45, 2.75) is 89.0 Å². The third-order valence-electron chi connectivity index (χ3n) is 2.26. The van der Waals surface area contributed by atoms with Crippen LogP contribution < -0.4 is 0 Å². The molecule has 0 bridgehead atoms. The molecule has 0 radical (unpaired) electrons. The normalized spacial score (nSPS) is 9.57. The first kappa shape index (κ1) is 28.2. The predicted octanol–water partition coefficient (Wildman–Crippen LogP) is 7.86. The fourth-order valence-corrected chi connectivity index (χ4v) is 1.59. The fourth-order valence-electron chi connectivity index (χ4n) is 1.59. The van der Waals surface area contributed by atoms with E-state index in [0.29, 0.717) is 0 Å². The van der Waals surface area contributed by atoms with E-state index in [1.807, 2.05) is 69.2 Å². The van der Waals surface area contributed by atoms with Crippen molar-refractivity contribution in [3.8, 4) is 0 Å². The van der Waals surface area contributed by atoms with Crippen molar-refractivity contribution < 1.29 is 0 Å². The molecule has 0 heteroatoms. The van der Waals surface area contributed by atoms with E-state index in [1.54, 1.807) is 0 Å². The van der Waals surface area contributed by atoms with Gasteiger partial charge in [0.1, 0.15) is 0 Å². The molecule has 0 fully saturated rings. The number of benzene rings is 1. The summed E-state index contributed by atoms with van der Waals surface area (Å²) in [5, 5.41) is 0. The van der Waals surface area contributed by atoms with Crippen LogP contribution in [0, 0.1) is 0 Å². The summed E-state index contributed by atoms with van der Waals surface area (Å²) in [6.45, 7) is 22.2. The van der Waals surface area contributed by atoms with Crippen LogP contribution in [0.3, 0.4) is 0 Å². The van der Waals surface area contributed by atoms with Gasteiger partial charge in [-0.05, 0) is 30.9 Å². The van der Waals surface area contributed by atoms with Gasteiger partial charge in [-0.25, -0.2) is 0 Å². The van der Waals surface area contributed by atoms with E-state index in [1.165, 1.54) is 16.7 Å². The number of hydrogen-bond donors (Lipinski definition) is 0. The first-order valence-electron chi connectivity index (χ1n) is 9.08. The van der Waals surface area contributed by atoms with Gasteiger partial charge in [0.2, 0.25) is 0 Å². The van der Waals surface area contributed by atoms with Gasteiger partial charge < -0.3 is 0 Å². The minimum Gasteiger partial charge on any atom is -0.0809 e. The maximum atomic E-state index is 2.32. The molecule has 0 aliphatic heterocycles. The molecule has 0 unspecified atom stereocenters. The van der Waals surface area contributed by atoms with Gasteiger partial charge in [-0.2, -0.15) is 0 Å². The van der Waals surface area contributed by atoms with E-state index in [0.717, 1.165) is 12.8 Å². The van der Waals surface area contributed by atoms with Gasteiger partial charge in [0.25, 0.3) is 0 Å². The quantitative estimate of drug-likeness (QED) is 0.427. The lowest BCUT2D eigenvalue weighted by atomic mass is 9.93. The van der Waals surface area contributed by atoms with Gasteiger partial charge in [0, 0.05) is 0 Å². The van der Waals surface area contributed by atoms with Crippen LogP contribution in [0.5, 0.6) is 0 Å². The standard InChI is InChI=1S/C11H12.5C2H6/c1-9-6-7-10-4-2-3-5-11(10)8-9;5*1-2/h2-6H,7-8H2,1H3;5*1-2H3. The third kappa shape index (κ3) is 15.2. The number of rotatable bonds is 0. The smallest absolute Gasteiger partial charge is 0.00669 e. The maximum absolute atomic E-state index is 2.32. The van der Waals surface area contributed by atoms with E-state index in [4.69, 9.17) is 0 Å². The third-order valence-corrected chi connectivity index (χ3v) is 2.26. The zero-order valence-electron chi connectivity index (χ0n) is 16.8. The van der Waals surface area contributed by atoms with E-state index in [9.17, 15) is 0 Å². The van der Waals surface area contributed by atoms with E-state index in [2.05, 4.69) is 37.3 Å². The molecule has 126 valence electrons. The second-order valence-corrected chi connectivity index (χ2v) is 3.20. The van der Waals surface area contributed by atoms with Crippen LogP contribution in [-0.2, 0) is 12.8 Å². The lowest BCUT2D eigenvalue weighted by Crippen LogP contribution is -1.99. The molecule has 1 aliphatic carbocycles. The van der Waals surface area contributed by atoms with Crippen LogP contribution >= 0.6 is 0 Å². The van der Waals surface area contributed by atoms with Crippen LogP contribution in [0.2, 0.25) is 0 Å². The van der Waals surface area contributed by atoms with Gasteiger partial charge in [0.05, 0.1) is 0 Å². The van der Waals surface area contributed by atoms with Gasteiger partial charge in [-0.15, -0.1) is 0 Å². The Morgan fingerprint density at radius 3 is 1.43 bits per heavy atom. The topological polar surface area (TPSA) is 0 Å². The molecule has 1 aliphatic rings. The Balaban J connectivity index is -0.000000124. The zero-order chi connectivity index (χ0) is 17.7. The monoisotopic (exact) mass is 294 g/mol. The average molecular weight is 295 g/mol. The highest BCUT2D eigenvalue weighted by Gasteiger charge is 2.05. The summed E-state index contributed by atoms with van der Waals surface area (Å²) in [6, 6.07) is 8.69. The largest absolute Gasteiger partial charge is 0.0809 e. The van der Waals surface area contributed by atoms with Crippen molar-refractivity contribution in [3.05, 3.63) is 47.0 Å². The Bertz CT molecular complexity index is 295. The molecule has 1 aromatic carbocycles. The van der Waals surface area contributed by atoms with E-state index >= 15 is 0 Å². The molecule has 0 aromatic heterocycles. The number of fused-ring (bicyclic) bond motifs is 1. The Morgan fingerprint density at radius 1 is 0.619 bits per heavy atom. The van der Waals surface area contributed by atoms with Gasteiger partial charge in [0.15, 0.2) is 0 Å². The van der Waals surface area contributed by atoms with Crippen molar-refractivity contribution in [1.82, 2.24) is 0 Å². The predicted molar refractivity (Wildman–Crippen MR) is 104 cm³/mol. The fraction of sp³-hybridized carbons (Fsp3) is 0.619. The molecule has 0 atom stereocenters. The molecular formula is C21H42. The van der Waals surface area contributed by atoms with E-state index in [-0.39, 0.29) is 0 Å². The highest BCUT2D eigenvalue weighted by Crippen LogP contribution is 2.19. The van der Waals surface area contributed by atoms with Crippen LogP contribution in [0.25, 0.3) is 0 Å². The van der Waals surface area contributed by atoms with Crippen molar-refractivity contribution in [3.63, 3.8) is 0 Å². The highest BCUT2D eigenvalue weighted by molar-refractivity contribution is 5.35. The summed E-state index contributed by atoms with van der Waals surface area (Å²) in [7, 11) is 0. The number of allylic oxidation sites excluding steroid dienone is 2. The summed E-state index contributed by atoms with van der Waals surface area (Å²) in [5.41, 5.74) is 4.51.